The number of carbonyl (C=O) groups excluding carboxylic acids is 1. The molecule has 0 unspecified atom stereocenters. The number of hydrogen-bond donors (Lipinski definition) is 0. The first-order valence-corrected chi connectivity index (χ1v) is 4.88. The molecule has 0 bridgehead atoms. The molecule has 1 rings (SSSR count). The van der Waals surface area contributed by atoms with Crippen LogP contribution >= 0.6 is 11.6 Å². The maximum Gasteiger partial charge on any atom is 0.338 e. The zero-order chi connectivity index (χ0) is 10.7. The van der Waals surface area contributed by atoms with E-state index in [9.17, 15) is 4.79 Å². The molecule has 14 heavy (non-hydrogen) atoms. The van der Waals surface area contributed by atoms with Gasteiger partial charge in [-0.15, -0.1) is 11.6 Å². The Hall–Kier alpha value is -1.02. The molecule has 0 saturated carbocycles. The summed E-state index contributed by atoms with van der Waals surface area (Å²) in [6.07, 6.45) is 0. The highest BCUT2D eigenvalue weighted by atomic mass is 35.5. The number of aryl methyl sites for hydroxylation is 2. The molecule has 1 aromatic carbocycles. The zero-order valence-corrected chi connectivity index (χ0v) is 9.31. The standard InChI is InChI=1S/C11H13ClO2/c1-7-4-8(2)10(11(13)14-3)5-9(7)6-12/h4-5H,6H2,1-3H3. The van der Waals surface area contributed by atoms with Gasteiger partial charge in [0.1, 0.15) is 0 Å². The van der Waals surface area contributed by atoms with Gasteiger partial charge in [-0.2, -0.15) is 0 Å². The van der Waals surface area contributed by atoms with Gasteiger partial charge >= 0.3 is 5.97 Å². The molecule has 0 aliphatic heterocycles. The monoisotopic (exact) mass is 212 g/mol. The topological polar surface area (TPSA) is 26.3 Å². The maximum absolute atomic E-state index is 11.3. The van der Waals surface area contributed by atoms with Crippen molar-refractivity contribution < 1.29 is 9.53 Å². The predicted molar refractivity (Wildman–Crippen MR) is 56.8 cm³/mol. The number of hydrogen-bond acceptors (Lipinski definition) is 2. The van der Waals surface area contributed by atoms with Crippen LogP contribution in [0.3, 0.4) is 0 Å². The summed E-state index contributed by atoms with van der Waals surface area (Å²) in [5.41, 5.74) is 3.58. The van der Waals surface area contributed by atoms with Gasteiger partial charge in [-0.05, 0) is 36.6 Å². The smallest absolute Gasteiger partial charge is 0.338 e. The normalized spacial score (nSPS) is 10.0. The third kappa shape index (κ3) is 2.07. The van der Waals surface area contributed by atoms with Crippen LogP contribution in [0.1, 0.15) is 27.0 Å². The van der Waals surface area contributed by atoms with Gasteiger partial charge in [0, 0.05) is 5.88 Å². The van der Waals surface area contributed by atoms with Crippen molar-refractivity contribution in [3.63, 3.8) is 0 Å². The van der Waals surface area contributed by atoms with E-state index in [-0.39, 0.29) is 5.97 Å². The van der Waals surface area contributed by atoms with E-state index in [1.165, 1.54) is 7.11 Å². The van der Waals surface area contributed by atoms with Gasteiger partial charge in [0.15, 0.2) is 0 Å². The van der Waals surface area contributed by atoms with Crippen LogP contribution in [0, 0.1) is 13.8 Å². The summed E-state index contributed by atoms with van der Waals surface area (Å²) < 4.78 is 4.67. The fourth-order valence-electron chi connectivity index (χ4n) is 1.37. The number of halogens is 1. The molecule has 0 atom stereocenters. The molecular formula is C11H13ClO2. The Morgan fingerprint density at radius 2 is 2.00 bits per heavy atom. The number of ether oxygens (including phenoxy) is 1. The van der Waals surface area contributed by atoms with Crippen LogP contribution in [0.4, 0.5) is 0 Å². The average Bonchev–Trinajstić information content (AvgIpc) is 2.17. The van der Waals surface area contributed by atoms with E-state index in [1.54, 1.807) is 6.07 Å². The largest absolute Gasteiger partial charge is 0.465 e. The maximum atomic E-state index is 11.3. The highest BCUT2D eigenvalue weighted by molar-refractivity contribution is 6.17. The number of rotatable bonds is 2. The number of esters is 1. The molecule has 0 N–H and O–H groups in total. The summed E-state index contributed by atoms with van der Waals surface area (Å²) in [7, 11) is 1.38. The average molecular weight is 213 g/mol. The SMILES string of the molecule is COC(=O)c1cc(CCl)c(C)cc1C. The molecule has 76 valence electrons. The van der Waals surface area contributed by atoms with E-state index in [2.05, 4.69) is 4.74 Å². The molecule has 1 aromatic rings. The molecule has 0 saturated heterocycles. The molecule has 3 heteroatoms. The van der Waals surface area contributed by atoms with Crippen LogP contribution in [0.25, 0.3) is 0 Å². The molecular weight excluding hydrogens is 200 g/mol. The van der Waals surface area contributed by atoms with Gasteiger partial charge in [-0.25, -0.2) is 4.79 Å². The van der Waals surface area contributed by atoms with Crippen molar-refractivity contribution in [1.29, 1.82) is 0 Å². The van der Waals surface area contributed by atoms with E-state index in [0.29, 0.717) is 11.4 Å². The Labute approximate surface area is 88.8 Å². The Morgan fingerprint density at radius 3 is 2.50 bits per heavy atom. The van der Waals surface area contributed by atoms with Gasteiger partial charge in [0.05, 0.1) is 12.7 Å². The van der Waals surface area contributed by atoms with Crippen molar-refractivity contribution in [3.8, 4) is 0 Å². The summed E-state index contributed by atoms with van der Waals surface area (Å²) in [6, 6.07) is 3.74. The van der Waals surface area contributed by atoms with Crippen LogP contribution in [0.5, 0.6) is 0 Å². The molecule has 0 heterocycles. The van der Waals surface area contributed by atoms with Gasteiger partial charge in [0.2, 0.25) is 0 Å². The van der Waals surface area contributed by atoms with E-state index in [0.717, 1.165) is 16.7 Å². The summed E-state index contributed by atoms with van der Waals surface area (Å²) in [5, 5.41) is 0. The van der Waals surface area contributed by atoms with E-state index < -0.39 is 0 Å². The first-order chi connectivity index (χ1) is 6.60. The molecule has 0 aliphatic rings. The summed E-state index contributed by atoms with van der Waals surface area (Å²) in [4.78, 5) is 11.3. The third-order valence-corrected chi connectivity index (χ3v) is 2.52. The van der Waals surface area contributed by atoms with Crippen LogP contribution in [0.2, 0.25) is 0 Å². The molecule has 0 amide bonds. The fraction of sp³-hybridized carbons (Fsp3) is 0.364. The molecule has 0 aromatic heterocycles. The van der Waals surface area contributed by atoms with E-state index in [4.69, 9.17) is 11.6 Å². The minimum Gasteiger partial charge on any atom is -0.465 e. The van der Waals surface area contributed by atoms with Crippen molar-refractivity contribution in [2.75, 3.05) is 7.11 Å². The predicted octanol–water partition coefficient (Wildman–Crippen LogP) is 2.83. The minimum atomic E-state index is -0.311. The van der Waals surface area contributed by atoms with Gasteiger partial charge in [-0.1, -0.05) is 6.07 Å². The zero-order valence-electron chi connectivity index (χ0n) is 8.56. The minimum absolute atomic E-state index is 0.311. The Bertz CT molecular complexity index is 359. The van der Waals surface area contributed by atoms with Gasteiger partial charge < -0.3 is 4.74 Å². The lowest BCUT2D eigenvalue weighted by atomic mass is 10.0. The van der Waals surface area contributed by atoms with Crippen molar-refractivity contribution in [3.05, 3.63) is 34.4 Å². The van der Waals surface area contributed by atoms with Crippen LogP contribution < -0.4 is 0 Å². The number of alkyl halides is 1. The van der Waals surface area contributed by atoms with Crippen molar-refractivity contribution >= 4 is 17.6 Å². The molecule has 0 spiro atoms. The Kier molecular flexibility index (Phi) is 3.53. The van der Waals surface area contributed by atoms with Crippen molar-refractivity contribution in [1.82, 2.24) is 0 Å². The molecule has 0 fully saturated rings. The van der Waals surface area contributed by atoms with Crippen LogP contribution in [0.15, 0.2) is 12.1 Å². The quantitative estimate of drug-likeness (QED) is 0.557. The van der Waals surface area contributed by atoms with Crippen molar-refractivity contribution in [2.24, 2.45) is 0 Å². The van der Waals surface area contributed by atoms with E-state index >= 15 is 0 Å². The third-order valence-electron chi connectivity index (χ3n) is 2.23. The van der Waals surface area contributed by atoms with Crippen LogP contribution in [-0.4, -0.2) is 13.1 Å². The summed E-state index contributed by atoms with van der Waals surface area (Å²) in [5.74, 6) is 0.102. The second-order valence-corrected chi connectivity index (χ2v) is 3.49. The lowest BCUT2D eigenvalue weighted by molar-refractivity contribution is 0.0600. The van der Waals surface area contributed by atoms with Crippen molar-refractivity contribution in [2.45, 2.75) is 19.7 Å². The molecule has 0 aliphatic carbocycles. The number of benzene rings is 1. The first kappa shape index (κ1) is 11.1. The highest BCUT2D eigenvalue weighted by Crippen LogP contribution is 2.18. The number of methoxy groups -OCH3 is 1. The fourth-order valence-corrected chi connectivity index (χ4v) is 1.66. The van der Waals surface area contributed by atoms with Gasteiger partial charge in [-0.3, -0.25) is 0 Å². The molecule has 2 nitrogen and oxygen atoms in total. The first-order valence-electron chi connectivity index (χ1n) is 4.34. The van der Waals surface area contributed by atoms with E-state index in [1.807, 2.05) is 19.9 Å². The molecule has 0 radical (unpaired) electrons. The summed E-state index contributed by atoms with van der Waals surface area (Å²) >= 11 is 5.75. The second kappa shape index (κ2) is 4.47. The highest BCUT2D eigenvalue weighted by Gasteiger charge is 2.11. The Balaban J connectivity index is 3.24. The van der Waals surface area contributed by atoms with Crippen LogP contribution in [-0.2, 0) is 10.6 Å². The lowest BCUT2D eigenvalue weighted by Crippen LogP contribution is -2.05. The number of carbonyl (C=O) groups is 1. The summed E-state index contributed by atoms with van der Waals surface area (Å²) in [6.45, 7) is 3.86. The lowest BCUT2D eigenvalue weighted by Gasteiger charge is -2.08. The Morgan fingerprint density at radius 1 is 1.36 bits per heavy atom. The van der Waals surface area contributed by atoms with Gasteiger partial charge in [0.25, 0.3) is 0 Å². The second-order valence-electron chi connectivity index (χ2n) is 3.22.